The van der Waals surface area contributed by atoms with Crippen LogP contribution in [0.1, 0.15) is 5.56 Å². The van der Waals surface area contributed by atoms with Crippen LogP contribution in [0.2, 0.25) is 0 Å². The highest BCUT2D eigenvalue weighted by molar-refractivity contribution is 7.92. The highest BCUT2D eigenvalue weighted by Gasteiger charge is 2.18. The van der Waals surface area contributed by atoms with Crippen molar-refractivity contribution in [2.45, 2.75) is 0 Å². The van der Waals surface area contributed by atoms with Gasteiger partial charge in [0.05, 0.1) is 17.6 Å². The molecule has 0 aliphatic carbocycles. The average molecular weight is 447 g/mol. The predicted molar refractivity (Wildman–Crippen MR) is 127 cm³/mol. The first-order chi connectivity index (χ1) is 15.4. The Labute approximate surface area is 186 Å². The quantitative estimate of drug-likeness (QED) is 0.447. The Morgan fingerprint density at radius 1 is 1.03 bits per heavy atom. The highest BCUT2D eigenvalue weighted by atomic mass is 32.2. The molecule has 8 heteroatoms. The van der Waals surface area contributed by atoms with E-state index >= 15 is 0 Å². The smallest absolute Gasteiger partial charge is 0.239 e. The minimum Gasteiger partial charge on any atom is -0.338 e. The molecule has 0 atom stereocenters. The number of amides is 1. The van der Waals surface area contributed by atoms with Crippen LogP contribution in [0.25, 0.3) is 28.5 Å². The molecule has 0 bridgehead atoms. The number of para-hydroxylation sites is 2. The van der Waals surface area contributed by atoms with Gasteiger partial charge in [-0.1, -0.05) is 54.6 Å². The fourth-order valence-corrected chi connectivity index (χ4v) is 3.99. The molecule has 1 amide bonds. The molecular formula is C24H22N4O3S. The number of carbonyl (C=O) groups is 1. The average Bonchev–Trinajstić information content (AvgIpc) is 3.23. The molecule has 2 N–H and O–H groups in total. The first kappa shape index (κ1) is 21.5. The predicted octanol–water partition coefficient (Wildman–Crippen LogP) is 4.10. The first-order valence-electron chi connectivity index (χ1n) is 9.95. The number of likely N-dealkylation sites (N-methyl/N-ethyl adjacent to an activating group) is 1. The van der Waals surface area contributed by atoms with Crippen LogP contribution < -0.4 is 5.32 Å². The van der Waals surface area contributed by atoms with Crippen molar-refractivity contribution in [1.29, 1.82) is 0 Å². The van der Waals surface area contributed by atoms with Crippen molar-refractivity contribution < 1.29 is 13.2 Å². The van der Waals surface area contributed by atoms with Gasteiger partial charge in [-0.15, -0.1) is 0 Å². The second-order valence-electron chi connectivity index (χ2n) is 7.25. The molecule has 0 saturated heterocycles. The van der Waals surface area contributed by atoms with Crippen LogP contribution in [0.3, 0.4) is 0 Å². The monoisotopic (exact) mass is 446 g/mol. The van der Waals surface area contributed by atoms with E-state index in [2.05, 4.69) is 15.3 Å². The zero-order valence-corrected chi connectivity index (χ0v) is 18.2. The number of imidazole rings is 1. The number of hydrogen-bond donors (Lipinski definition) is 2. The van der Waals surface area contributed by atoms with Gasteiger partial charge in [0.1, 0.15) is 5.82 Å². The van der Waals surface area contributed by atoms with Gasteiger partial charge in [-0.3, -0.25) is 4.79 Å². The van der Waals surface area contributed by atoms with Crippen molar-refractivity contribution in [1.82, 2.24) is 14.3 Å². The molecule has 4 rings (SSSR count). The van der Waals surface area contributed by atoms with Crippen molar-refractivity contribution in [3.05, 3.63) is 89.8 Å². The third-order valence-corrected chi connectivity index (χ3v) is 6.32. The van der Waals surface area contributed by atoms with E-state index in [-0.39, 0.29) is 6.54 Å². The van der Waals surface area contributed by atoms with Crippen LogP contribution in [-0.2, 0) is 14.8 Å². The zero-order valence-electron chi connectivity index (χ0n) is 17.4. The topological polar surface area (TPSA) is 95.2 Å². The number of benzene rings is 3. The molecule has 3 aromatic carbocycles. The molecule has 1 aromatic heterocycles. The number of nitrogens with zero attached hydrogens (tertiary/aromatic N) is 2. The molecule has 0 fully saturated rings. The molecule has 0 spiro atoms. The van der Waals surface area contributed by atoms with Gasteiger partial charge in [-0.2, -0.15) is 4.31 Å². The SMILES string of the molecule is CN(CC(=O)Nc1cccc(-c2nc3ccccc3[nH]2)c1)S(=O)(=O)/C=C/c1ccccc1. The van der Waals surface area contributed by atoms with Gasteiger partial charge in [-0.25, -0.2) is 13.4 Å². The Hall–Kier alpha value is -3.75. The minimum atomic E-state index is -3.73. The third kappa shape index (κ3) is 5.11. The summed E-state index contributed by atoms with van der Waals surface area (Å²) >= 11 is 0. The molecule has 0 aliphatic heterocycles. The number of H-pyrrole nitrogens is 1. The van der Waals surface area contributed by atoms with E-state index in [1.807, 2.05) is 48.5 Å². The fourth-order valence-electron chi connectivity index (χ4n) is 3.16. The standard InChI is InChI=1S/C24H22N4O3S/c1-28(32(30,31)15-14-18-8-3-2-4-9-18)17-23(29)25-20-11-7-10-19(16-20)24-26-21-12-5-6-13-22(21)27-24/h2-16H,17H2,1H3,(H,25,29)(H,26,27)/b15-14+. The number of rotatable bonds is 7. The summed E-state index contributed by atoms with van der Waals surface area (Å²) in [5.41, 5.74) is 3.90. The summed E-state index contributed by atoms with van der Waals surface area (Å²) in [5, 5.41) is 3.85. The Morgan fingerprint density at radius 2 is 1.78 bits per heavy atom. The minimum absolute atomic E-state index is 0.309. The van der Waals surface area contributed by atoms with Crippen molar-refractivity contribution in [3.63, 3.8) is 0 Å². The number of hydrogen-bond acceptors (Lipinski definition) is 4. The lowest BCUT2D eigenvalue weighted by molar-refractivity contribution is -0.116. The lowest BCUT2D eigenvalue weighted by Crippen LogP contribution is -2.33. The second-order valence-corrected chi connectivity index (χ2v) is 9.17. The summed E-state index contributed by atoms with van der Waals surface area (Å²) in [6, 6.07) is 24.0. The molecule has 162 valence electrons. The number of aromatic nitrogens is 2. The van der Waals surface area contributed by atoms with Crippen molar-refractivity contribution in [2.75, 3.05) is 18.9 Å². The van der Waals surface area contributed by atoms with E-state index < -0.39 is 15.9 Å². The Bertz CT molecular complexity index is 1350. The fraction of sp³-hybridized carbons (Fsp3) is 0.0833. The maximum Gasteiger partial charge on any atom is 0.239 e. The molecule has 1 heterocycles. The molecule has 4 aromatic rings. The second kappa shape index (κ2) is 9.17. The number of aromatic amines is 1. The van der Waals surface area contributed by atoms with Gasteiger partial charge < -0.3 is 10.3 Å². The Balaban J connectivity index is 1.42. The van der Waals surface area contributed by atoms with Crippen LogP contribution >= 0.6 is 0 Å². The lowest BCUT2D eigenvalue weighted by Gasteiger charge is -2.14. The molecule has 32 heavy (non-hydrogen) atoms. The maximum atomic E-state index is 12.5. The highest BCUT2D eigenvalue weighted by Crippen LogP contribution is 2.23. The summed E-state index contributed by atoms with van der Waals surface area (Å²) in [5.74, 6) is 0.249. The number of anilines is 1. The van der Waals surface area contributed by atoms with E-state index in [1.54, 1.807) is 30.3 Å². The largest absolute Gasteiger partial charge is 0.338 e. The summed E-state index contributed by atoms with van der Waals surface area (Å²) in [6.45, 7) is -0.309. The third-order valence-electron chi connectivity index (χ3n) is 4.84. The molecule has 0 unspecified atom stereocenters. The van der Waals surface area contributed by atoms with E-state index in [4.69, 9.17) is 0 Å². The summed E-state index contributed by atoms with van der Waals surface area (Å²) in [6.07, 6.45) is 1.50. The zero-order chi connectivity index (χ0) is 22.6. The Kier molecular flexibility index (Phi) is 6.16. The van der Waals surface area contributed by atoms with Crippen molar-refractivity contribution in [3.8, 4) is 11.4 Å². The van der Waals surface area contributed by atoms with Crippen molar-refractivity contribution in [2.24, 2.45) is 0 Å². The van der Waals surface area contributed by atoms with Gasteiger partial charge in [0.15, 0.2) is 0 Å². The van der Waals surface area contributed by atoms with Crippen LogP contribution in [0.15, 0.2) is 84.3 Å². The summed E-state index contributed by atoms with van der Waals surface area (Å²) in [7, 11) is -2.36. The van der Waals surface area contributed by atoms with Crippen LogP contribution in [-0.4, -0.2) is 42.2 Å². The molecular weight excluding hydrogens is 424 g/mol. The van der Waals surface area contributed by atoms with Crippen LogP contribution in [0, 0.1) is 0 Å². The van der Waals surface area contributed by atoms with Gasteiger partial charge in [0.2, 0.25) is 15.9 Å². The van der Waals surface area contributed by atoms with E-state index in [0.29, 0.717) is 11.5 Å². The maximum absolute atomic E-state index is 12.5. The van der Waals surface area contributed by atoms with Gasteiger partial charge in [0.25, 0.3) is 0 Å². The van der Waals surface area contributed by atoms with Gasteiger partial charge in [0, 0.05) is 23.7 Å². The molecule has 0 radical (unpaired) electrons. The van der Waals surface area contributed by atoms with Crippen LogP contribution in [0.4, 0.5) is 5.69 Å². The van der Waals surface area contributed by atoms with E-state index in [0.717, 1.165) is 31.9 Å². The number of carbonyl (C=O) groups excluding carboxylic acids is 1. The Morgan fingerprint density at radius 3 is 2.56 bits per heavy atom. The summed E-state index contributed by atoms with van der Waals surface area (Å²) in [4.78, 5) is 20.3. The lowest BCUT2D eigenvalue weighted by atomic mass is 10.2. The van der Waals surface area contributed by atoms with Crippen LogP contribution in [0.5, 0.6) is 0 Å². The molecule has 0 aliphatic rings. The normalized spacial score (nSPS) is 11.9. The first-order valence-corrected chi connectivity index (χ1v) is 11.5. The van der Waals surface area contributed by atoms with Gasteiger partial charge in [-0.05, 0) is 35.9 Å². The summed E-state index contributed by atoms with van der Waals surface area (Å²) < 4.78 is 25.9. The number of nitrogens with one attached hydrogen (secondary N) is 2. The number of fused-ring (bicyclic) bond motifs is 1. The van der Waals surface area contributed by atoms with E-state index in [9.17, 15) is 13.2 Å². The molecule has 0 saturated carbocycles. The molecule has 7 nitrogen and oxygen atoms in total. The number of sulfonamides is 1. The van der Waals surface area contributed by atoms with Crippen molar-refractivity contribution >= 4 is 38.7 Å². The van der Waals surface area contributed by atoms with E-state index in [1.165, 1.54) is 13.1 Å². The van der Waals surface area contributed by atoms with Gasteiger partial charge >= 0.3 is 0 Å².